The summed E-state index contributed by atoms with van der Waals surface area (Å²) in [5, 5.41) is 10.8. The van der Waals surface area contributed by atoms with Crippen molar-refractivity contribution < 1.29 is 9.16 Å². The fraction of sp³-hybridized carbons (Fsp3) is 0.296. The van der Waals surface area contributed by atoms with Gasteiger partial charge in [-0.2, -0.15) is 5.26 Å². The van der Waals surface area contributed by atoms with Crippen LogP contribution in [0.1, 0.15) is 23.6 Å². The molecule has 0 bridgehead atoms. The maximum Gasteiger partial charge on any atom is 0.184 e. The number of ether oxygens (including phenoxy) is 1. The molecule has 166 valence electrons. The summed E-state index contributed by atoms with van der Waals surface area (Å²) in [5.41, 5.74) is 1.88. The first kappa shape index (κ1) is 24.4. The third-order valence-corrected chi connectivity index (χ3v) is 6.88. The maximum atomic E-state index is 10.8. The Hall–Kier alpha value is -2.23. The van der Waals surface area contributed by atoms with E-state index in [2.05, 4.69) is 41.6 Å². The molecule has 0 aromatic heterocycles. The monoisotopic (exact) mass is 507 g/mol. The van der Waals surface area contributed by atoms with Gasteiger partial charge in [0.25, 0.3) is 0 Å². The maximum absolute atomic E-state index is 10.8. The summed E-state index contributed by atoms with van der Waals surface area (Å²) in [5.74, 6) is 0. The summed E-state index contributed by atoms with van der Waals surface area (Å²) in [4.78, 5) is 0. The Morgan fingerprint density at radius 3 is 1.94 bits per heavy atom. The molecule has 0 saturated heterocycles. The highest BCUT2D eigenvalue weighted by Crippen LogP contribution is 2.40. The van der Waals surface area contributed by atoms with Crippen molar-refractivity contribution in [2.45, 2.75) is 50.8 Å². The Morgan fingerprint density at radius 2 is 1.41 bits per heavy atom. The molecule has 0 aliphatic rings. The van der Waals surface area contributed by atoms with Crippen LogP contribution in [-0.2, 0) is 21.2 Å². The molecule has 5 heteroatoms. The van der Waals surface area contributed by atoms with Crippen LogP contribution >= 0.6 is 15.9 Å². The largest absolute Gasteiger partial charge is 0.410 e. The van der Waals surface area contributed by atoms with Crippen LogP contribution < -0.4 is 0 Å². The van der Waals surface area contributed by atoms with Gasteiger partial charge in [-0.3, -0.25) is 0 Å². The highest BCUT2D eigenvalue weighted by Gasteiger charge is 2.48. The molecule has 3 rings (SSSR count). The van der Waals surface area contributed by atoms with Crippen LogP contribution in [0.25, 0.3) is 0 Å². The molecule has 3 atom stereocenters. The van der Waals surface area contributed by atoms with E-state index in [4.69, 9.17) is 9.16 Å². The highest BCUT2D eigenvalue weighted by atomic mass is 79.9. The van der Waals surface area contributed by atoms with Gasteiger partial charge in [-0.25, -0.2) is 0 Å². The SMILES string of the molecule is C[C@H](OCc1ccccc1)[C@@H](O[Si](C)(C)C)[C@](C#N)(c1ccccc1)c1ccc(Br)cc1. The number of halogens is 1. The average molecular weight is 509 g/mol. The topological polar surface area (TPSA) is 42.2 Å². The van der Waals surface area contributed by atoms with E-state index in [9.17, 15) is 5.26 Å². The van der Waals surface area contributed by atoms with Crippen LogP contribution in [0.4, 0.5) is 0 Å². The van der Waals surface area contributed by atoms with Gasteiger partial charge in [-0.05, 0) is 55.4 Å². The van der Waals surface area contributed by atoms with Crippen LogP contribution in [0.3, 0.4) is 0 Å². The van der Waals surface area contributed by atoms with Gasteiger partial charge < -0.3 is 9.16 Å². The van der Waals surface area contributed by atoms with Gasteiger partial charge in [-0.1, -0.05) is 88.7 Å². The predicted molar refractivity (Wildman–Crippen MR) is 136 cm³/mol. The lowest BCUT2D eigenvalue weighted by Gasteiger charge is -2.42. The minimum atomic E-state index is -2.03. The lowest BCUT2D eigenvalue weighted by molar-refractivity contribution is -0.0436. The standard InChI is InChI=1S/C27H30BrNO2Si/c1-21(30-19-22-11-7-5-8-12-22)26(31-32(2,3)4)27(20-29,23-13-9-6-10-14-23)24-15-17-25(28)18-16-24/h5-18,21,26H,19H2,1-4H3/t21-,26+,27+/m0/s1. The van der Waals surface area contributed by atoms with Gasteiger partial charge in [0.2, 0.25) is 0 Å². The summed E-state index contributed by atoms with van der Waals surface area (Å²) in [7, 11) is -2.03. The van der Waals surface area contributed by atoms with Crippen molar-refractivity contribution in [2.75, 3.05) is 0 Å². The van der Waals surface area contributed by atoms with Crippen LogP contribution in [0, 0.1) is 11.3 Å². The number of hydrogen-bond acceptors (Lipinski definition) is 3. The Kier molecular flexibility index (Phi) is 8.08. The zero-order valence-corrected chi connectivity index (χ0v) is 21.7. The molecule has 0 radical (unpaired) electrons. The van der Waals surface area contributed by atoms with Gasteiger partial charge in [0.1, 0.15) is 5.41 Å². The summed E-state index contributed by atoms with van der Waals surface area (Å²) >= 11 is 3.52. The molecule has 0 unspecified atom stereocenters. The second kappa shape index (κ2) is 10.6. The smallest absolute Gasteiger partial charge is 0.184 e. The van der Waals surface area contributed by atoms with Crippen molar-refractivity contribution >= 4 is 24.2 Å². The minimum absolute atomic E-state index is 0.314. The molecule has 0 N–H and O–H groups in total. The highest BCUT2D eigenvalue weighted by molar-refractivity contribution is 9.10. The Bertz CT molecular complexity index is 1030. The first-order valence-corrected chi connectivity index (χ1v) is 15.0. The fourth-order valence-electron chi connectivity index (χ4n) is 3.91. The molecule has 3 aromatic rings. The third kappa shape index (κ3) is 5.76. The average Bonchev–Trinajstić information content (AvgIpc) is 2.79. The van der Waals surface area contributed by atoms with E-state index in [0.29, 0.717) is 6.61 Å². The van der Waals surface area contributed by atoms with E-state index < -0.39 is 19.8 Å². The predicted octanol–water partition coefficient (Wildman–Crippen LogP) is 7.08. The first-order valence-electron chi connectivity index (χ1n) is 10.8. The van der Waals surface area contributed by atoms with Crippen molar-refractivity contribution in [1.29, 1.82) is 5.26 Å². The Balaban J connectivity index is 2.10. The van der Waals surface area contributed by atoms with Crippen LogP contribution in [0.5, 0.6) is 0 Å². The summed E-state index contributed by atoms with van der Waals surface area (Å²) in [6.07, 6.45) is -0.795. The van der Waals surface area contributed by atoms with E-state index in [1.165, 1.54) is 0 Å². The molecule has 32 heavy (non-hydrogen) atoms. The molecule has 0 aliphatic carbocycles. The van der Waals surface area contributed by atoms with E-state index in [1.807, 2.05) is 91.9 Å². The van der Waals surface area contributed by atoms with Crippen molar-refractivity contribution in [3.05, 3.63) is 106 Å². The van der Waals surface area contributed by atoms with Crippen molar-refractivity contribution in [2.24, 2.45) is 0 Å². The zero-order valence-electron chi connectivity index (χ0n) is 19.1. The molecule has 3 nitrogen and oxygen atoms in total. The van der Waals surface area contributed by atoms with E-state index in [1.54, 1.807) is 0 Å². The first-order chi connectivity index (χ1) is 15.3. The van der Waals surface area contributed by atoms with Crippen LogP contribution in [-0.4, -0.2) is 20.5 Å². The lowest BCUT2D eigenvalue weighted by atomic mass is 9.70. The second-order valence-corrected chi connectivity index (χ2v) is 14.3. The van der Waals surface area contributed by atoms with Crippen molar-refractivity contribution in [1.82, 2.24) is 0 Å². The number of nitriles is 1. The molecule has 0 fully saturated rings. The van der Waals surface area contributed by atoms with Crippen molar-refractivity contribution in [3.8, 4) is 6.07 Å². The number of benzene rings is 3. The number of rotatable bonds is 9. The normalized spacial score (nSPS) is 15.4. The summed E-state index contributed by atoms with van der Waals surface area (Å²) in [6.45, 7) is 8.93. The fourth-order valence-corrected chi connectivity index (χ4v) is 5.30. The molecule has 0 amide bonds. The number of nitrogens with zero attached hydrogens (tertiary/aromatic N) is 1. The van der Waals surface area contributed by atoms with Gasteiger partial charge in [0.15, 0.2) is 8.32 Å². The van der Waals surface area contributed by atoms with E-state index >= 15 is 0 Å². The molecule has 0 saturated carbocycles. The minimum Gasteiger partial charge on any atom is -0.410 e. The van der Waals surface area contributed by atoms with Gasteiger partial charge in [0.05, 0.1) is 24.9 Å². The van der Waals surface area contributed by atoms with Crippen LogP contribution in [0.2, 0.25) is 19.6 Å². The zero-order chi connectivity index (χ0) is 23.2. The number of hydrogen-bond donors (Lipinski definition) is 0. The van der Waals surface area contributed by atoms with Gasteiger partial charge in [0, 0.05) is 4.47 Å². The molecular formula is C27H30BrNO2Si. The van der Waals surface area contributed by atoms with E-state index in [-0.39, 0.29) is 6.10 Å². The van der Waals surface area contributed by atoms with Gasteiger partial charge >= 0.3 is 0 Å². The van der Waals surface area contributed by atoms with Gasteiger partial charge in [-0.15, -0.1) is 0 Å². The Labute approximate surface area is 201 Å². The molecule has 0 heterocycles. The second-order valence-electron chi connectivity index (χ2n) is 8.95. The molecule has 3 aromatic carbocycles. The molecular weight excluding hydrogens is 478 g/mol. The summed E-state index contributed by atoms with van der Waals surface area (Å²) < 4.78 is 14.1. The lowest BCUT2D eigenvalue weighted by Crippen LogP contribution is -2.52. The summed E-state index contributed by atoms with van der Waals surface area (Å²) in [6, 6.07) is 30.7. The quantitative estimate of drug-likeness (QED) is 0.290. The molecule has 0 aliphatic heterocycles. The third-order valence-electron chi connectivity index (χ3n) is 5.39. The Morgan fingerprint density at radius 1 is 0.875 bits per heavy atom. The van der Waals surface area contributed by atoms with Crippen molar-refractivity contribution in [3.63, 3.8) is 0 Å². The molecule has 0 spiro atoms. The van der Waals surface area contributed by atoms with Crippen LogP contribution in [0.15, 0.2) is 89.4 Å². The van der Waals surface area contributed by atoms with E-state index in [0.717, 1.165) is 21.2 Å².